The second-order valence-electron chi connectivity index (χ2n) is 4.32. The number of hydrogen-bond acceptors (Lipinski definition) is 3. The summed E-state index contributed by atoms with van der Waals surface area (Å²) in [6, 6.07) is 4.08. The molecule has 0 aromatic carbocycles. The highest BCUT2D eigenvalue weighted by atomic mass is 79.9. The Kier molecular flexibility index (Phi) is 6.16. The molecule has 96 valence electrons. The van der Waals surface area contributed by atoms with E-state index in [1.165, 1.54) is 4.88 Å². The quantitative estimate of drug-likeness (QED) is 0.876. The molecule has 0 aliphatic carbocycles. The van der Waals surface area contributed by atoms with Crippen LogP contribution in [0.3, 0.4) is 0 Å². The Labute approximate surface area is 115 Å². The molecular weight excluding hydrogens is 300 g/mol. The Balaban J connectivity index is 2.34. The highest BCUT2D eigenvalue weighted by molar-refractivity contribution is 9.11. The summed E-state index contributed by atoms with van der Waals surface area (Å²) in [4.78, 5) is 14.9. The van der Waals surface area contributed by atoms with Gasteiger partial charge in [0.05, 0.1) is 3.79 Å². The molecule has 1 unspecified atom stereocenters. The summed E-state index contributed by atoms with van der Waals surface area (Å²) < 4.78 is 1.12. The van der Waals surface area contributed by atoms with Gasteiger partial charge in [-0.2, -0.15) is 0 Å². The van der Waals surface area contributed by atoms with Crippen molar-refractivity contribution in [3.05, 3.63) is 20.8 Å². The molecule has 3 nitrogen and oxygen atoms in total. The lowest BCUT2D eigenvalue weighted by Gasteiger charge is -2.20. The summed E-state index contributed by atoms with van der Waals surface area (Å²) >= 11 is 5.11. The molecular formula is C12H19BrN2OS. The minimum Gasteiger partial charge on any atom is -0.345 e. The van der Waals surface area contributed by atoms with Crippen LogP contribution in [0.1, 0.15) is 18.2 Å². The second kappa shape index (κ2) is 7.13. The van der Waals surface area contributed by atoms with Crippen LogP contribution in [0.25, 0.3) is 0 Å². The molecule has 1 aromatic heterocycles. The van der Waals surface area contributed by atoms with Gasteiger partial charge in [0.1, 0.15) is 0 Å². The average molecular weight is 319 g/mol. The third kappa shape index (κ3) is 5.19. The third-order valence-electron chi connectivity index (χ3n) is 2.63. The van der Waals surface area contributed by atoms with E-state index in [0.29, 0.717) is 18.9 Å². The van der Waals surface area contributed by atoms with Crippen molar-refractivity contribution >= 4 is 33.2 Å². The van der Waals surface area contributed by atoms with Crippen LogP contribution in [0, 0.1) is 5.92 Å². The van der Waals surface area contributed by atoms with Crippen molar-refractivity contribution in [2.45, 2.75) is 19.8 Å². The van der Waals surface area contributed by atoms with Crippen molar-refractivity contribution in [2.24, 2.45) is 11.7 Å². The van der Waals surface area contributed by atoms with E-state index in [9.17, 15) is 4.79 Å². The third-order valence-corrected chi connectivity index (χ3v) is 4.31. The lowest BCUT2D eigenvalue weighted by atomic mass is 10.1. The molecule has 0 saturated carbocycles. The lowest BCUT2D eigenvalue weighted by molar-refractivity contribution is -0.130. The zero-order chi connectivity index (χ0) is 12.8. The summed E-state index contributed by atoms with van der Waals surface area (Å²) in [5, 5.41) is 0. The van der Waals surface area contributed by atoms with Gasteiger partial charge in [0.25, 0.3) is 0 Å². The average Bonchev–Trinajstić information content (AvgIpc) is 2.71. The van der Waals surface area contributed by atoms with Gasteiger partial charge in [0.2, 0.25) is 5.91 Å². The Hall–Kier alpha value is -0.390. The molecule has 1 amide bonds. The van der Waals surface area contributed by atoms with Crippen LogP contribution in [0.2, 0.25) is 0 Å². The van der Waals surface area contributed by atoms with Crippen LogP contribution < -0.4 is 5.73 Å². The maximum Gasteiger partial charge on any atom is 0.222 e. The fourth-order valence-electron chi connectivity index (χ4n) is 1.55. The van der Waals surface area contributed by atoms with Crippen molar-refractivity contribution in [3.8, 4) is 0 Å². The molecule has 2 N–H and O–H groups in total. The zero-order valence-corrected chi connectivity index (χ0v) is 12.7. The number of amides is 1. The van der Waals surface area contributed by atoms with Crippen LogP contribution >= 0.6 is 27.3 Å². The van der Waals surface area contributed by atoms with E-state index >= 15 is 0 Å². The molecule has 0 aliphatic heterocycles. The van der Waals surface area contributed by atoms with Crippen molar-refractivity contribution in [2.75, 3.05) is 20.1 Å². The summed E-state index contributed by atoms with van der Waals surface area (Å²) in [5.74, 6) is 0.551. The number of carbonyl (C=O) groups is 1. The van der Waals surface area contributed by atoms with Crippen molar-refractivity contribution in [1.29, 1.82) is 0 Å². The molecule has 0 spiro atoms. The fraction of sp³-hybridized carbons (Fsp3) is 0.583. The fourth-order valence-corrected chi connectivity index (χ4v) is 3.03. The first-order chi connectivity index (χ1) is 8.02. The molecule has 1 heterocycles. The van der Waals surface area contributed by atoms with Crippen molar-refractivity contribution < 1.29 is 4.79 Å². The SMILES string of the molecule is CC(CN)CN(C)C(=O)CCc1ccc(Br)s1. The monoisotopic (exact) mass is 318 g/mol. The molecule has 1 aromatic rings. The predicted molar refractivity (Wildman–Crippen MR) is 76.2 cm³/mol. The van der Waals surface area contributed by atoms with E-state index in [0.717, 1.165) is 16.8 Å². The van der Waals surface area contributed by atoms with Crippen LogP contribution in [0.5, 0.6) is 0 Å². The summed E-state index contributed by atoms with van der Waals surface area (Å²) in [6.45, 7) is 3.42. The molecule has 0 fully saturated rings. The number of carbonyl (C=O) groups excluding carboxylic acids is 1. The van der Waals surface area contributed by atoms with Crippen LogP contribution in [0.4, 0.5) is 0 Å². The first kappa shape index (κ1) is 14.7. The van der Waals surface area contributed by atoms with Gasteiger partial charge in [-0.15, -0.1) is 11.3 Å². The van der Waals surface area contributed by atoms with E-state index in [1.54, 1.807) is 16.2 Å². The van der Waals surface area contributed by atoms with Crippen molar-refractivity contribution in [3.63, 3.8) is 0 Å². The highest BCUT2D eigenvalue weighted by Crippen LogP contribution is 2.23. The second-order valence-corrected chi connectivity index (χ2v) is 6.87. The van der Waals surface area contributed by atoms with Gasteiger partial charge in [0.15, 0.2) is 0 Å². The molecule has 1 atom stereocenters. The Morgan fingerprint density at radius 1 is 1.59 bits per heavy atom. The van der Waals surface area contributed by atoms with Crippen LogP contribution in [-0.2, 0) is 11.2 Å². The standard InChI is InChI=1S/C12H19BrN2OS/c1-9(7-14)8-15(2)12(16)6-4-10-3-5-11(13)17-10/h3,5,9H,4,6-8,14H2,1-2H3. The minimum atomic E-state index is 0.190. The number of nitrogens with two attached hydrogens (primary N) is 1. The number of thiophene rings is 1. The van der Waals surface area contributed by atoms with Gasteiger partial charge in [-0.1, -0.05) is 6.92 Å². The predicted octanol–water partition coefficient (Wildman–Crippen LogP) is 2.50. The normalized spacial score (nSPS) is 12.5. The summed E-state index contributed by atoms with van der Waals surface area (Å²) in [7, 11) is 1.85. The summed E-state index contributed by atoms with van der Waals surface area (Å²) in [6.07, 6.45) is 1.39. The van der Waals surface area contributed by atoms with E-state index in [1.807, 2.05) is 13.1 Å². The summed E-state index contributed by atoms with van der Waals surface area (Å²) in [5.41, 5.74) is 5.55. The van der Waals surface area contributed by atoms with Gasteiger partial charge in [-0.3, -0.25) is 4.79 Å². The van der Waals surface area contributed by atoms with Gasteiger partial charge >= 0.3 is 0 Å². The number of hydrogen-bond donors (Lipinski definition) is 1. The highest BCUT2D eigenvalue weighted by Gasteiger charge is 2.12. The topological polar surface area (TPSA) is 46.3 Å². The van der Waals surface area contributed by atoms with E-state index in [4.69, 9.17) is 5.73 Å². The zero-order valence-electron chi connectivity index (χ0n) is 10.3. The molecule has 0 aliphatic rings. The molecule has 0 saturated heterocycles. The van der Waals surface area contributed by atoms with E-state index in [2.05, 4.69) is 28.9 Å². The first-order valence-electron chi connectivity index (χ1n) is 5.71. The van der Waals surface area contributed by atoms with Gasteiger partial charge in [-0.25, -0.2) is 0 Å². The number of rotatable bonds is 6. The smallest absolute Gasteiger partial charge is 0.222 e. The molecule has 0 radical (unpaired) electrons. The maximum atomic E-state index is 11.9. The minimum absolute atomic E-state index is 0.190. The molecule has 0 bridgehead atoms. The Morgan fingerprint density at radius 3 is 2.82 bits per heavy atom. The van der Waals surface area contributed by atoms with E-state index < -0.39 is 0 Å². The molecule has 5 heteroatoms. The number of halogens is 1. The van der Waals surface area contributed by atoms with Crippen LogP contribution in [0.15, 0.2) is 15.9 Å². The van der Waals surface area contributed by atoms with Gasteiger partial charge in [0, 0.05) is 24.9 Å². The molecule has 1 rings (SSSR count). The Morgan fingerprint density at radius 2 is 2.29 bits per heavy atom. The van der Waals surface area contributed by atoms with Gasteiger partial charge < -0.3 is 10.6 Å². The van der Waals surface area contributed by atoms with Crippen LogP contribution in [-0.4, -0.2) is 30.9 Å². The van der Waals surface area contributed by atoms with Gasteiger partial charge in [-0.05, 0) is 46.9 Å². The molecule has 17 heavy (non-hydrogen) atoms. The maximum absolute atomic E-state index is 11.9. The van der Waals surface area contributed by atoms with E-state index in [-0.39, 0.29) is 5.91 Å². The largest absolute Gasteiger partial charge is 0.345 e. The Bertz CT molecular complexity index is 367. The first-order valence-corrected chi connectivity index (χ1v) is 7.32. The number of aryl methyl sites for hydroxylation is 1. The number of nitrogens with zero attached hydrogens (tertiary/aromatic N) is 1. The lowest BCUT2D eigenvalue weighted by Crippen LogP contribution is -2.33. The van der Waals surface area contributed by atoms with Crippen molar-refractivity contribution in [1.82, 2.24) is 4.90 Å².